The summed E-state index contributed by atoms with van der Waals surface area (Å²) >= 11 is 0. The molecule has 0 radical (unpaired) electrons. The average Bonchev–Trinajstić information content (AvgIpc) is 3.05. The highest BCUT2D eigenvalue weighted by atomic mass is 16.2. The zero-order chi connectivity index (χ0) is 22.7. The number of likely N-dealkylation sites (N-methyl/N-ethyl adjacent to an activating group) is 1. The molecule has 3 heterocycles. The maximum absolute atomic E-state index is 13.2. The largest absolute Gasteiger partial charge is 0.351 e. The van der Waals surface area contributed by atoms with Crippen LogP contribution in [-0.2, 0) is 17.9 Å². The molecule has 2 aromatic heterocycles. The first-order valence-corrected chi connectivity index (χ1v) is 11.2. The van der Waals surface area contributed by atoms with Crippen LogP contribution in [0.1, 0.15) is 72.0 Å². The molecule has 170 valence electrons. The Hall–Kier alpha value is -3.23. The van der Waals surface area contributed by atoms with Crippen LogP contribution in [0.2, 0.25) is 0 Å². The van der Waals surface area contributed by atoms with Gasteiger partial charge in [0.2, 0.25) is 5.91 Å². The van der Waals surface area contributed by atoms with Crippen LogP contribution in [0.25, 0.3) is 0 Å². The van der Waals surface area contributed by atoms with Crippen molar-refractivity contribution in [3.63, 3.8) is 0 Å². The van der Waals surface area contributed by atoms with E-state index in [1.807, 2.05) is 6.07 Å². The van der Waals surface area contributed by atoms with Crippen molar-refractivity contribution in [2.75, 3.05) is 7.05 Å². The fraction of sp³-hybridized carbons (Fsp3) is 0.522. The number of nitrogens with zero attached hydrogens (tertiary/aromatic N) is 4. The molecule has 2 N–H and O–H groups in total. The minimum Gasteiger partial charge on any atom is -0.351 e. The van der Waals surface area contributed by atoms with E-state index in [1.54, 1.807) is 32.4 Å². The van der Waals surface area contributed by atoms with Gasteiger partial charge in [-0.15, -0.1) is 0 Å². The minimum absolute atomic E-state index is 0.137. The maximum atomic E-state index is 13.2. The van der Waals surface area contributed by atoms with Gasteiger partial charge in [-0.25, -0.2) is 0 Å². The molecule has 0 spiro atoms. The highest BCUT2D eigenvalue weighted by molar-refractivity contribution is 6.01. The fourth-order valence-corrected chi connectivity index (χ4v) is 4.38. The Morgan fingerprint density at radius 1 is 1.22 bits per heavy atom. The molecule has 1 aliphatic carbocycles. The van der Waals surface area contributed by atoms with Crippen molar-refractivity contribution in [1.82, 2.24) is 30.3 Å². The van der Waals surface area contributed by atoms with Gasteiger partial charge >= 0.3 is 0 Å². The van der Waals surface area contributed by atoms with Crippen LogP contribution >= 0.6 is 0 Å². The molecule has 2 aromatic rings. The zero-order valence-electron chi connectivity index (χ0n) is 18.6. The number of carbonyl (C=O) groups is 3. The third-order valence-corrected chi connectivity index (χ3v) is 6.59. The summed E-state index contributed by atoms with van der Waals surface area (Å²) in [5, 5.41) is 10.3. The van der Waals surface area contributed by atoms with Gasteiger partial charge in [0.15, 0.2) is 5.69 Å². The van der Waals surface area contributed by atoms with Crippen LogP contribution < -0.4 is 10.6 Å². The first kappa shape index (κ1) is 22.0. The number of aromatic nitrogens is 3. The van der Waals surface area contributed by atoms with Crippen LogP contribution in [0.4, 0.5) is 0 Å². The van der Waals surface area contributed by atoms with E-state index in [9.17, 15) is 14.4 Å². The van der Waals surface area contributed by atoms with Gasteiger partial charge in [0.25, 0.3) is 11.8 Å². The number of pyridine rings is 1. The molecule has 9 heteroatoms. The molecule has 1 saturated carbocycles. The van der Waals surface area contributed by atoms with E-state index in [0.717, 1.165) is 31.2 Å². The van der Waals surface area contributed by atoms with Crippen LogP contribution in [0.5, 0.6) is 0 Å². The summed E-state index contributed by atoms with van der Waals surface area (Å²) in [7, 11) is 1.63. The van der Waals surface area contributed by atoms with E-state index in [-0.39, 0.29) is 36.0 Å². The Kier molecular flexibility index (Phi) is 6.25. The molecular formula is C23H30N6O3. The van der Waals surface area contributed by atoms with Crippen molar-refractivity contribution in [1.29, 1.82) is 0 Å². The Balaban J connectivity index is 1.48. The second-order valence-electron chi connectivity index (χ2n) is 8.92. The Morgan fingerprint density at radius 3 is 2.66 bits per heavy atom. The lowest BCUT2D eigenvalue weighted by molar-refractivity contribution is -0.133. The molecular weight excluding hydrogens is 408 g/mol. The monoisotopic (exact) mass is 438 g/mol. The molecule has 1 unspecified atom stereocenters. The van der Waals surface area contributed by atoms with Crippen LogP contribution in [-0.4, -0.2) is 56.0 Å². The van der Waals surface area contributed by atoms with Crippen molar-refractivity contribution >= 4 is 17.7 Å². The number of rotatable bonds is 5. The number of hydrogen-bond donors (Lipinski definition) is 2. The number of hydrogen-bond acceptors (Lipinski definition) is 5. The van der Waals surface area contributed by atoms with E-state index in [0.29, 0.717) is 12.2 Å². The highest BCUT2D eigenvalue weighted by Gasteiger charge is 2.46. The van der Waals surface area contributed by atoms with Gasteiger partial charge in [0.05, 0.1) is 6.54 Å². The molecule has 9 nitrogen and oxygen atoms in total. The molecule has 1 atom stereocenters. The molecule has 32 heavy (non-hydrogen) atoms. The summed E-state index contributed by atoms with van der Waals surface area (Å²) in [4.78, 5) is 44.4. The summed E-state index contributed by atoms with van der Waals surface area (Å²) in [5.74, 6) is -0.881. The molecule has 0 saturated heterocycles. The van der Waals surface area contributed by atoms with Gasteiger partial charge in [0.1, 0.15) is 11.2 Å². The van der Waals surface area contributed by atoms with Crippen molar-refractivity contribution < 1.29 is 14.4 Å². The summed E-state index contributed by atoms with van der Waals surface area (Å²) in [5.41, 5.74) is 0.243. The smallest absolute Gasteiger partial charge is 0.272 e. The predicted octanol–water partition coefficient (Wildman–Crippen LogP) is 1.89. The third kappa shape index (κ3) is 4.37. The van der Waals surface area contributed by atoms with Crippen LogP contribution in [0.3, 0.4) is 0 Å². The number of nitrogens with one attached hydrogen (secondary N) is 2. The molecule has 4 rings (SSSR count). The molecule has 2 aliphatic rings. The van der Waals surface area contributed by atoms with Crippen molar-refractivity contribution in [3.8, 4) is 0 Å². The SMILES string of the molecule is CN1C(=O)c2cc(C(=O)NCc3cccnc3)nn2CC1(C)C(=O)NC1CCCCCC1. The van der Waals surface area contributed by atoms with Gasteiger partial charge in [-0.05, 0) is 31.4 Å². The molecule has 0 aromatic carbocycles. The topological polar surface area (TPSA) is 109 Å². The van der Waals surface area contributed by atoms with Gasteiger partial charge in [-0.3, -0.25) is 24.0 Å². The van der Waals surface area contributed by atoms with E-state index in [4.69, 9.17) is 0 Å². The Morgan fingerprint density at radius 2 is 1.97 bits per heavy atom. The van der Waals surface area contributed by atoms with Gasteiger partial charge < -0.3 is 15.5 Å². The number of carbonyl (C=O) groups excluding carboxylic acids is 3. The van der Waals surface area contributed by atoms with E-state index in [1.165, 1.54) is 28.5 Å². The quantitative estimate of drug-likeness (QED) is 0.693. The van der Waals surface area contributed by atoms with E-state index >= 15 is 0 Å². The van der Waals surface area contributed by atoms with Gasteiger partial charge in [0, 0.05) is 38.1 Å². The van der Waals surface area contributed by atoms with Crippen molar-refractivity contribution in [2.45, 2.75) is 70.1 Å². The fourth-order valence-electron chi connectivity index (χ4n) is 4.38. The normalized spacial score (nSPS) is 21.6. The second-order valence-corrected chi connectivity index (χ2v) is 8.92. The molecule has 1 aliphatic heterocycles. The van der Waals surface area contributed by atoms with Gasteiger partial charge in [-0.2, -0.15) is 5.10 Å². The van der Waals surface area contributed by atoms with E-state index in [2.05, 4.69) is 20.7 Å². The van der Waals surface area contributed by atoms with Gasteiger partial charge in [-0.1, -0.05) is 31.7 Å². The van der Waals surface area contributed by atoms with Crippen molar-refractivity contribution in [2.24, 2.45) is 0 Å². The lowest BCUT2D eigenvalue weighted by atomic mass is 9.95. The highest BCUT2D eigenvalue weighted by Crippen LogP contribution is 2.27. The first-order chi connectivity index (χ1) is 15.4. The van der Waals surface area contributed by atoms with Crippen molar-refractivity contribution in [3.05, 3.63) is 47.5 Å². The summed E-state index contributed by atoms with van der Waals surface area (Å²) in [6.45, 7) is 2.26. The summed E-state index contributed by atoms with van der Waals surface area (Å²) < 4.78 is 1.48. The first-order valence-electron chi connectivity index (χ1n) is 11.2. The standard InChI is InChI=1S/C23H30N6O3/c1-23(22(32)26-17-9-5-3-4-6-10-17)15-29-19(21(31)28(23)2)12-18(27-29)20(30)25-14-16-8-7-11-24-13-16/h7-8,11-13,17H,3-6,9-10,14-15H2,1-2H3,(H,25,30)(H,26,32). The Bertz CT molecular complexity index is 996. The van der Waals surface area contributed by atoms with Crippen LogP contribution in [0, 0.1) is 0 Å². The average molecular weight is 439 g/mol. The molecule has 3 amide bonds. The summed E-state index contributed by atoms with van der Waals surface area (Å²) in [6, 6.07) is 5.28. The van der Waals surface area contributed by atoms with Crippen LogP contribution in [0.15, 0.2) is 30.6 Å². The molecule has 1 fully saturated rings. The molecule has 0 bridgehead atoms. The maximum Gasteiger partial charge on any atom is 0.272 e. The van der Waals surface area contributed by atoms with E-state index < -0.39 is 5.54 Å². The lowest BCUT2D eigenvalue weighted by Crippen LogP contribution is -2.63. The predicted molar refractivity (Wildman–Crippen MR) is 118 cm³/mol. The lowest BCUT2D eigenvalue weighted by Gasteiger charge is -2.41. The second kappa shape index (κ2) is 9.10. The number of amides is 3. The Labute approximate surface area is 187 Å². The summed E-state index contributed by atoms with van der Waals surface area (Å²) in [6.07, 6.45) is 9.89. The minimum atomic E-state index is -1.08. The number of fused-ring (bicyclic) bond motifs is 1. The third-order valence-electron chi connectivity index (χ3n) is 6.59. The zero-order valence-corrected chi connectivity index (χ0v) is 18.6.